The first kappa shape index (κ1) is 18.0. The fourth-order valence-corrected chi connectivity index (χ4v) is 4.63. The van der Waals surface area contributed by atoms with Crippen LogP contribution in [-0.2, 0) is 6.54 Å². The van der Waals surface area contributed by atoms with Gasteiger partial charge in [0, 0.05) is 30.2 Å². The summed E-state index contributed by atoms with van der Waals surface area (Å²) < 4.78 is 42.0. The third-order valence-corrected chi connectivity index (χ3v) is 5.90. The van der Waals surface area contributed by atoms with Gasteiger partial charge in [0.25, 0.3) is 6.43 Å². The normalized spacial score (nSPS) is 24.5. The van der Waals surface area contributed by atoms with Gasteiger partial charge in [0.05, 0.1) is 5.56 Å². The Morgan fingerprint density at radius 3 is 2.63 bits per heavy atom. The Labute approximate surface area is 156 Å². The molecule has 2 fully saturated rings. The number of rotatable bonds is 4. The van der Waals surface area contributed by atoms with Gasteiger partial charge in [0.15, 0.2) is 0 Å². The minimum Gasteiger partial charge on any atom is -0.326 e. The highest BCUT2D eigenvalue weighted by atomic mass is 19.3. The zero-order valence-electron chi connectivity index (χ0n) is 14.7. The Balaban J connectivity index is 1.73. The van der Waals surface area contributed by atoms with Crippen LogP contribution in [0.25, 0.3) is 11.1 Å². The third kappa shape index (κ3) is 3.11. The number of hydrogen-bond donors (Lipinski definition) is 1. The van der Waals surface area contributed by atoms with Gasteiger partial charge in [-0.05, 0) is 48.1 Å². The number of nitriles is 1. The molecule has 4 rings (SSSR count). The second-order valence-corrected chi connectivity index (χ2v) is 7.36. The molecule has 0 spiro atoms. The maximum Gasteiger partial charge on any atom is 0.264 e. The van der Waals surface area contributed by atoms with E-state index in [1.165, 1.54) is 12.1 Å². The molecule has 0 amide bonds. The van der Waals surface area contributed by atoms with E-state index in [-0.39, 0.29) is 23.2 Å². The molecule has 0 radical (unpaired) electrons. The summed E-state index contributed by atoms with van der Waals surface area (Å²) >= 11 is 0. The number of nitrogens with zero attached hydrogens (tertiary/aromatic N) is 2. The first-order valence-corrected chi connectivity index (χ1v) is 9.11. The molecule has 3 atom stereocenters. The summed E-state index contributed by atoms with van der Waals surface area (Å²) in [6.07, 6.45) is 0.304. The van der Waals surface area contributed by atoms with Crippen LogP contribution in [0, 0.1) is 17.1 Å². The summed E-state index contributed by atoms with van der Waals surface area (Å²) in [6, 6.07) is 11.5. The number of fused-ring (bicyclic) bond motifs is 2. The van der Waals surface area contributed by atoms with Gasteiger partial charge in [0.1, 0.15) is 11.9 Å². The summed E-state index contributed by atoms with van der Waals surface area (Å²) in [5.41, 5.74) is 7.21. The number of benzene rings is 2. The molecule has 2 aromatic carbocycles. The minimum atomic E-state index is -2.68. The lowest BCUT2D eigenvalue weighted by molar-refractivity contribution is 0.148. The molecule has 2 aliphatic heterocycles. The first-order chi connectivity index (χ1) is 13.0. The van der Waals surface area contributed by atoms with E-state index >= 15 is 0 Å². The zero-order chi connectivity index (χ0) is 19.1. The molecule has 2 bridgehead atoms. The maximum absolute atomic E-state index is 14.0. The molecule has 2 N–H and O–H groups in total. The van der Waals surface area contributed by atoms with Crippen LogP contribution in [0.2, 0.25) is 0 Å². The van der Waals surface area contributed by atoms with E-state index in [0.717, 1.165) is 25.3 Å². The van der Waals surface area contributed by atoms with Crippen molar-refractivity contribution in [3.8, 4) is 17.2 Å². The van der Waals surface area contributed by atoms with Crippen molar-refractivity contribution < 1.29 is 13.2 Å². The molecule has 2 aromatic rings. The lowest BCUT2D eigenvalue weighted by atomic mass is 9.94. The van der Waals surface area contributed by atoms with E-state index < -0.39 is 12.2 Å². The molecule has 2 heterocycles. The molecule has 3 nitrogen and oxygen atoms in total. The Kier molecular flexibility index (Phi) is 4.67. The van der Waals surface area contributed by atoms with Crippen LogP contribution in [0.3, 0.4) is 0 Å². The summed E-state index contributed by atoms with van der Waals surface area (Å²) in [5, 5.41) is 8.88. The third-order valence-electron chi connectivity index (χ3n) is 5.90. The molecular formula is C21H20F3N3. The Bertz CT molecular complexity index is 906. The van der Waals surface area contributed by atoms with Crippen molar-refractivity contribution in [2.75, 3.05) is 0 Å². The van der Waals surface area contributed by atoms with Crippen LogP contribution < -0.4 is 5.73 Å². The molecule has 27 heavy (non-hydrogen) atoms. The summed E-state index contributed by atoms with van der Waals surface area (Å²) in [5.74, 6) is -0.704. The standard InChI is InChI=1S/C21H20F3N3/c22-17-8-12(4-5-13(17)10-25)16-3-1-2-14(20(16)21(23)24)11-27-15-6-7-19(27)18(26)9-15/h1-5,8,15,18-19,21H,6-7,9,11,26H2/t15-,18+,19+/m1/s1. The molecule has 0 aliphatic carbocycles. The van der Waals surface area contributed by atoms with Crippen molar-refractivity contribution in [2.45, 2.75) is 50.4 Å². The Morgan fingerprint density at radius 1 is 1.22 bits per heavy atom. The monoisotopic (exact) mass is 371 g/mol. The average molecular weight is 371 g/mol. The zero-order valence-corrected chi connectivity index (χ0v) is 14.7. The predicted molar refractivity (Wildman–Crippen MR) is 96.5 cm³/mol. The van der Waals surface area contributed by atoms with Gasteiger partial charge in [-0.3, -0.25) is 4.90 Å². The fraction of sp³-hybridized carbons (Fsp3) is 0.381. The molecule has 2 aliphatic rings. The van der Waals surface area contributed by atoms with Crippen LogP contribution >= 0.6 is 0 Å². The second-order valence-electron chi connectivity index (χ2n) is 7.36. The molecule has 140 valence electrons. The predicted octanol–water partition coefficient (Wildman–Crippen LogP) is 4.37. The van der Waals surface area contributed by atoms with Crippen LogP contribution in [-0.4, -0.2) is 23.0 Å². The second kappa shape index (κ2) is 6.99. The SMILES string of the molecule is N#Cc1ccc(-c2cccc(CN3[C@@H]4CC[C@H]3[C@@H](N)C4)c2C(F)F)cc1F. The topological polar surface area (TPSA) is 53.0 Å². The van der Waals surface area contributed by atoms with Gasteiger partial charge in [0.2, 0.25) is 0 Å². The fourth-order valence-electron chi connectivity index (χ4n) is 4.63. The minimum absolute atomic E-state index is 0.0681. The van der Waals surface area contributed by atoms with E-state index in [4.69, 9.17) is 11.0 Å². The van der Waals surface area contributed by atoms with Crippen LogP contribution in [0.4, 0.5) is 13.2 Å². The van der Waals surface area contributed by atoms with Crippen molar-refractivity contribution in [1.82, 2.24) is 4.90 Å². The highest BCUT2D eigenvalue weighted by Gasteiger charge is 2.44. The highest BCUT2D eigenvalue weighted by Crippen LogP contribution is 2.40. The molecule has 0 saturated carbocycles. The molecule has 0 unspecified atom stereocenters. The quantitative estimate of drug-likeness (QED) is 0.869. The Hall–Kier alpha value is -2.36. The Morgan fingerprint density at radius 2 is 2.04 bits per heavy atom. The number of alkyl halides is 2. The lowest BCUT2D eigenvalue weighted by Crippen LogP contribution is -2.36. The lowest BCUT2D eigenvalue weighted by Gasteiger charge is -2.25. The van der Waals surface area contributed by atoms with Crippen molar-refractivity contribution in [2.24, 2.45) is 5.73 Å². The number of halogens is 3. The molecule has 0 aromatic heterocycles. The summed E-state index contributed by atoms with van der Waals surface area (Å²) in [7, 11) is 0. The van der Waals surface area contributed by atoms with Gasteiger partial charge in [-0.1, -0.05) is 24.3 Å². The van der Waals surface area contributed by atoms with Crippen molar-refractivity contribution in [3.05, 3.63) is 58.9 Å². The first-order valence-electron chi connectivity index (χ1n) is 9.11. The van der Waals surface area contributed by atoms with Crippen LogP contribution in [0.15, 0.2) is 36.4 Å². The summed E-state index contributed by atoms with van der Waals surface area (Å²) in [4.78, 5) is 2.25. The van der Waals surface area contributed by atoms with Gasteiger partial charge in [-0.15, -0.1) is 0 Å². The van der Waals surface area contributed by atoms with E-state index in [0.29, 0.717) is 29.3 Å². The van der Waals surface area contributed by atoms with Gasteiger partial charge in [-0.2, -0.15) is 5.26 Å². The smallest absolute Gasteiger partial charge is 0.264 e. The van der Waals surface area contributed by atoms with Gasteiger partial charge < -0.3 is 5.73 Å². The largest absolute Gasteiger partial charge is 0.326 e. The molecular weight excluding hydrogens is 351 g/mol. The van der Waals surface area contributed by atoms with Crippen LogP contribution in [0.1, 0.15) is 42.4 Å². The average Bonchev–Trinajstić information content (AvgIpc) is 3.16. The van der Waals surface area contributed by atoms with E-state index in [9.17, 15) is 13.2 Å². The highest BCUT2D eigenvalue weighted by molar-refractivity contribution is 5.70. The van der Waals surface area contributed by atoms with Crippen molar-refractivity contribution >= 4 is 0 Å². The molecule has 6 heteroatoms. The number of hydrogen-bond acceptors (Lipinski definition) is 3. The van der Waals surface area contributed by atoms with E-state index in [1.54, 1.807) is 24.3 Å². The van der Waals surface area contributed by atoms with E-state index in [1.807, 2.05) is 0 Å². The summed E-state index contributed by atoms with van der Waals surface area (Å²) in [6.45, 7) is 0.426. The van der Waals surface area contributed by atoms with E-state index in [2.05, 4.69) is 4.90 Å². The van der Waals surface area contributed by atoms with Gasteiger partial charge in [-0.25, -0.2) is 13.2 Å². The van der Waals surface area contributed by atoms with Gasteiger partial charge >= 0.3 is 0 Å². The van der Waals surface area contributed by atoms with Crippen LogP contribution in [0.5, 0.6) is 0 Å². The van der Waals surface area contributed by atoms with Crippen molar-refractivity contribution in [3.63, 3.8) is 0 Å². The molecule has 2 saturated heterocycles. The van der Waals surface area contributed by atoms with Crippen molar-refractivity contribution in [1.29, 1.82) is 5.26 Å². The number of nitrogens with two attached hydrogens (primary N) is 1. The maximum atomic E-state index is 14.0.